The van der Waals surface area contributed by atoms with Crippen molar-refractivity contribution in [2.45, 2.75) is 32.6 Å². The molecule has 0 saturated carbocycles. The minimum absolute atomic E-state index is 0.188. The minimum Gasteiger partial charge on any atom is -0.508 e. The van der Waals surface area contributed by atoms with Crippen molar-refractivity contribution in [1.29, 1.82) is 0 Å². The Hall–Kier alpha value is -3.94. The maximum atomic E-state index is 11.4. The molecule has 0 aliphatic rings. The van der Waals surface area contributed by atoms with E-state index in [1.54, 1.807) is 24.4 Å². The monoisotopic (exact) mass is 466 g/mol. The van der Waals surface area contributed by atoms with Crippen molar-refractivity contribution in [1.82, 2.24) is 9.97 Å². The largest absolute Gasteiger partial charge is 0.508 e. The number of hydrogen-bond acceptors (Lipinski definition) is 6. The fourth-order valence-corrected chi connectivity index (χ4v) is 3.50. The molecule has 0 fully saturated rings. The zero-order valence-electron chi connectivity index (χ0n) is 19.6. The number of hydrogen-bond donors (Lipinski definition) is 3. The number of esters is 2. The Morgan fingerprint density at radius 1 is 0.853 bits per heavy atom. The topological polar surface area (TPSA) is 114 Å². The van der Waals surface area contributed by atoms with Gasteiger partial charge in [-0.05, 0) is 53.9 Å². The highest BCUT2D eigenvalue weighted by atomic mass is 16.5. The van der Waals surface area contributed by atoms with Gasteiger partial charge in [0.05, 0.1) is 33.7 Å². The molecule has 3 N–H and O–H groups in total. The first-order valence-electron chi connectivity index (χ1n) is 11.1. The van der Waals surface area contributed by atoms with Crippen LogP contribution >= 0.6 is 0 Å². The maximum absolute atomic E-state index is 11.4. The molecule has 0 aliphatic heterocycles. The summed E-state index contributed by atoms with van der Waals surface area (Å²) in [6, 6.07) is 10.9. The number of unbranched alkanes of at least 4 members (excludes halogenated alkanes) is 1. The first kappa shape index (κ1) is 24.7. The third kappa shape index (κ3) is 6.31. The van der Waals surface area contributed by atoms with Crippen LogP contribution in [0.5, 0.6) is 11.5 Å². The number of phenolic OH excluding ortho intramolecular Hbond substituents is 1. The number of phenols is 1. The minimum atomic E-state index is -0.292. The number of fused-ring (bicyclic) bond motifs is 2. The van der Waals surface area contributed by atoms with Gasteiger partial charge in [0.25, 0.3) is 0 Å². The van der Waals surface area contributed by atoms with Crippen molar-refractivity contribution in [2.24, 2.45) is 0 Å². The average molecular weight is 467 g/mol. The van der Waals surface area contributed by atoms with Crippen LogP contribution in [0, 0.1) is 0 Å². The lowest BCUT2D eigenvalue weighted by molar-refractivity contribution is -0.140. The molecule has 2 heterocycles. The molecular formula is C26H30N2O6. The van der Waals surface area contributed by atoms with Gasteiger partial charge >= 0.3 is 11.9 Å². The first-order chi connectivity index (χ1) is 16.4. The highest BCUT2D eigenvalue weighted by molar-refractivity contribution is 5.89. The second kappa shape index (κ2) is 11.8. The highest BCUT2D eigenvalue weighted by Crippen LogP contribution is 2.25. The van der Waals surface area contributed by atoms with Crippen molar-refractivity contribution < 1.29 is 28.9 Å². The van der Waals surface area contributed by atoms with E-state index in [1.165, 1.54) is 14.2 Å². The molecule has 34 heavy (non-hydrogen) atoms. The molecule has 0 saturated heterocycles. The van der Waals surface area contributed by atoms with E-state index in [0.29, 0.717) is 0 Å². The van der Waals surface area contributed by atoms with Crippen LogP contribution in [0.2, 0.25) is 0 Å². The Labute approximate surface area is 197 Å². The molecule has 0 radical (unpaired) electrons. The Morgan fingerprint density at radius 3 is 1.97 bits per heavy atom. The molecule has 0 aliphatic carbocycles. The van der Waals surface area contributed by atoms with E-state index in [9.17, 15) is 14.7 Å². The number of benzene rings is 2. The van der Waals surface area contributed by atoms with Crippen molar-refractivity contribution in [3.05, 3.63) is 59.9 Å². The molecule has 0 amide bonds. The normalized spacial score (nSPS) is 10.6. The highest BCUT2D eigenvalue weighted by Gasteiger charge is 2.10. The number of methoxy groups -OCH3 is 2. The molecule has 2 aromatic carbocycles. The Balaban J connectivity index is 0.000000196. The number of aromatic hydroxyl groups is 1. The van der Waals surface area contributed by atoms with Crippen LogP contribution in [-0.2, 0) is 31.9 Å². The van der Waals surface area contributed by atoms with Crippen LogP contribution < -0.4 is 4.74 Å². The summed E-state index contributed by atoms with van der Waals surface area (Å²) >= 11 is 0. The quantitative estimate of drug-likeness (QED) is 0.257. The fourth-order valence-electron chi connectivity index (χ4n) is 3.50. The van der Waals surface area contributed by atoms with Gasteiger partial charge in [0.15, 0.2) is 0 Å². The van der Waals surface area contributed by atoms with E-state index < -0.39 is 0 Å². The van der Waals surface area contributed by atoms with Gasteiger partial charge in [-0.3, -0.25) is 9.59 Å². The summed E-state index contributed by atoms with van der Waals surface area (Å²) < 4.78 is 15.0. The van der Waals surface area contributed by atoms with E-state index in [4.69, 9.17) is 9.47 Å². The predicted octanol–water partition coefficient (Wildman–Crippen LogP) is 4.65. The third-order valence-corrected chi connectivity index (χ3v) is 5.38. The summed E-state index contributed by atoms with van der Waals surface area (Å²) in [5.41, 5.74) is 3.66. The number of ether oxygens (including phenoxy) is 3. The summed E-state index contributed by atoms with van der Waals surface area (Å²) in [5, 5.41) is 11.2. The summed E-state index contributed by atoms with van der Waals surface area (Å²) in [6.07, 6.45) is 6.23. The van der Waals surface area contributed by atoms with Gasteiger partial charge in [-0.2, -0.15) is 0 Å². The van der Waals surface area contributed by atoms with Gasteiger partial charge in [0.2, 0.25) is 0 Å². The number of carbonyl (C=O) groups excluding carboxylic acids is 2. The number of aromatic amines is 2. The Bertz CT molecular complexity index is 1260. The zero-order chi connectivity index (χ0) is 24.5. The summed E-state index contributed by atoms with van der Waals surface area (Å²) in [5.74, 6) is 0.498. The maximum Gasteiger partial charge on any atom is 0.310 e. The van der Waals surface area contributed by atoms with Crippen LogP contribution in [0.3, 0.4) is 0 Å². The number of nitrogens with one attached hydrogen (secondary N) is 2. The second-order valence-electron chi connectivity index (χ2n) is 7.77. The van der Waals surface area contributed by atoms with E-state index in [2.05, 4.69) is 21.6 Å². The predicted molar refractivity (Wildman–Crippen MR) is 130 cm³/mol. The van der Waals surface area contributed by atoms with Crippen LogP contribution in [-0.4, -0.2) is 47.8 Å². The van der Waals surface area contributed by atoms with Crippen LogP contribution in [0.25, 0.3) is 21.8 Å². The lowest BCUT2D eigenvalue weighted by atomic mass is 10.1. The van der Waals surface area contributed by atoms with Gasteiger partial charge in [0, 0.05) is 34.2 Å². The lowest BCUT2D eigenvalue weighted by Crippen LogP contribution is -2.03. The fraction of sp³-hybridized carbons (Fsp3) is 0.308. The Kier molecular flexibility index (Phi) is 8.56. The van der Waals surface area contributed by atoms with Crippen molar-refractivity contribution >= 4 is 33.7 Å². The number of rotatable bonds is 8. The van der Waals surface area contributed by atoms with Gasteiger partial charge in [-0.25, -0.2) is 0 Å². The summed E-state index contributed by atoms with van der Waals surface area (Å²) in [6.45, 7) is 2.85. The third-order valence-electron chi connectivity index (χ3n) is 5.38. The molecule has 4 aromatic rings. The van der Waals surface area contributed by atoms with Crippen molar-refractivity contribution in [3.8, 4) is 11.5 Å². The zero-order valence-corrected chi connectivity index (χ0v) is 19.6. The molecule has 0 bridgehead atoms. The summed E-state index contributed by atoms with van der Waals surface area (Å²) in [7, 11) is 2.76. The van der Waals surface area contributed by atoms with E-state index >= 15 is 0 Å². The molecule has 8 heteroatoms. The van der Waals surface area contributed by atoms with E-state index in [1.807, 2.05) is 24.4 Å². The molecule has 0 unspecified atom stereocenters. The molecule has 2 aromatic heterocycles. The van der Waals surface area contributed by atoms with Crippen LogP contribution in [0.15, 0.2) is 48.8 Å². The van der Waals surface area contributed by atoms with E-state index in [-0.39, 0.29) is 30.5 Å². The molecule has 180 valence electrons. The number of carbonyl (C=O) groups is 2. The second-order valence-corrected chi connectivity index (χ2v) is 7.77. The number of aromatic nitrogens is 2. The Morgan fingerprint density at radius 2 is 1.41 bits per heavy atom. The SMILES string of the molecule is CCCCOc1ccc2[nH]cc(CC(=O)OC)c2c1.COC(=O)Cc1c[nH]c2ccc(O)cc12. The van der Waals surface area contributed by atoms with Crippen LogP contribution in [0.1, 0.15) is 30.9 Å². The first-order valence-corrected chi connectivity index (χ1v) is 11.1. The van der Waals surface area contributed by atoms with Crippen LogP contribution in [0.4, 0.5) is 0 Å². The van der Waals surface area contributed by atoms with Crippen molar-refractivity contribution in [2.75, 3.05) is 20.8 Å². The molecule has 0 atom stereocenters. The average Bonchev–Trinajstić information content (AvgIpc) is 3.43. The lowest BCUT2D eigenvalue weighted by Gasteiger charge is -2.05. The van der Waals surface area contributed by atoms with Gasteiger partial charge in [-0.15, -0.1) is 0 Å². The molecular weight excluding hydrogens is 436 g/mol. The van der Waals surface area contributed by atoms with Gasteiger partial charge in [-0.1, -0.05) is 13.3 Å². The molecule has 4 rings (SSSR count). The molecule has 8 nitrogen and oxygen atoms in total. The number of H-pyrrole nitrogens is 2. The standard InChI is InChI=1S/C15H19NO3.C11H11NO3/c1-3-4-7-19-12-5-6-14-13(9-12)11(10-16-14)8-15(17)18-2;1-15-11(14)4-7-6-12-10-3-2-8(13)5-9(7)10/h5-6,9-10,16H,3-4,7-8H2,1-2H3;2-3,5-6,12-13H,4H2,1H3. The summed E-state index contributed by atoms with van der Waals surface area (Å²) in [4.78, 5) is 28.6. The smallest absolute Gasteiger partial charge is 0.310 e. The van der Waals surface area contributed by atoms with E-state index in [0.717, 1.165) is 58.1 Å². The van der Waals surface area contributed by atoms with Gasteiger partial charge < -0.3 is 29.3 Å². The van der Waals surface area contributed by atoms with Gasteiger partial charge in [0.1, 0.15) is 11.5 Å². The molecule has 0 spiro atoms. The van der Waals surface area contributed by atoms with Crippen molar-refractivity contribution in [3.63, 3.8) is 0 Å².